The first-order chi connectivity index (χ1) is 14.7. The van der Waals surface area contributed by atoms with Gasteiger partial charge < -0.3 is 18.8 Å². The molecule has 0 bridgehead atoms. The molecule has 0 spiro atoms. The maximum atomic E-state index is 12.8. The zero-order chi connectivity index (χ0) is 22.6. The molecule has 0 aliphatic carbocycles. The lowest BCUT2D eigenvalue weighted by molar-refractivity contribution is 0.0598. The van der Waals surface area contributed by atoms with E-state index < -0.39 is 16.0 Å². The summed E-state index contributed by atoms with van der Waals surface area (Å²) in [7, 11) is -0.931. The van der Waals surface area contributed by atoms with Gasteiger partial charge in [0.1, 0.15) is 17.1 Å². The van der Waals surface area contributed by atoms with E-state index in [4.69, 9.17) is 13.9 Å². The predicted molar refractivity (Wildman–Crippen MR) is 111 cm³/mol. The molecule has 0 unspecified atom stereocenters. The Bertz CT molecular complexity index is 1060. The minimum absolute atomic E-state index is 0.00608. The number of carbonyl (C=O) groups excluding carboxylic acids is 2. The van der Waals surface area contributed by atoms with E-state index in [0.717, 1.165) is 12.8 Å². The second-order valence-electron chi connectivity index (χ2n) is 7.35. The second-order valence-corrected chi connectivity index (χ2v) is 9.12. The van der Waals surface area contributed by atoms with Gasteiger partial charge in [-0.2, -0.15) is 0 Å². The van der Waals surface area contributed by atoms with Crippen molar-refractivity contribution in [1.82, 2.24) is 9.62 Å². The first kappa shape index (κ1) is 23.0. The fraction of sp³-hybridized carbons (Fsp3) is 0.429. The highest BCUT2D eigenvalue weighted by Crippen LogP contribution is 2.19. The van der Waals surface area contributed by atoms with Crippen LogP contribution in [-0.4, -0.2) is 58.6 Å². The molecule has 1 saturated heterocycles. The molecule has 1 aromatic carbocycles. The number of carbonyl (C=O) groups is 2. The second kappa shape index (κ2) is 9.63. The average molecular weight is 451 g/mol. The van der Waals surface area contributed by atoms with E-state index in [-0.39, 0.29) is 35.6 Å². The standard InChI is InChI=1S/C21H26N2O7S/c1-14-19(21(25)28-3)11-17(30-14)13-23(2)20(24)15-6-4-8-18(10-15)31(26,27)22-12-16-7-5-9-29-16/h4,6,8,10-11,16,22H,5,7,9,12-13H2,1-3H3/t16-/m1/s1. The highest BCUT2D eigenvalue weighted by molar-refractivity contribution is 7.89. The summed E-state index contributed by atoms with van der Waals surface area (Å²) < 4.78 is 43.4. The van der Waals surface area contributed by atoms with Crippen molar-refractivity contribution >= 4 is 21.9 Å². The molecule has 9 nitrogen and oxygen atoms in total. The summed E-state index contributed by atoms with van der Waals surface area (Å²) in [6, 6.07) is 7.37. The molecule has 1 aliphatic rings. The molecule has 1 N–H and O–H groups in total. The zero-order valence-corrected chi connectivity index (χ0v) is 18.5. The van der Waals surface area contributed by atoms with Crippen LogP contribution in [0.1, 0.15) is 45.1 Å². The number of hydrogen-bond donors (Lipinski definition) is 1. The Hall–Kier alpha value is -2.69. The lowest BCUT2D eigenvalue weighted by atomic mass is 10.2. The van der Waals surface area contributed by atoms with Crippen molar-refractivity contribution in [2.24, 2.45) is 0 Å². The van der Waals surface area contributed by atoms with Gasteiger partial charge in [-0.15, -0.1) is 0 Å². The van der Waals surface area contributed by atoms with Crippen LogP contribution in [0.25, 0.3) is 0 Å². The van der Waals surface area contributed by atoms with Gasteiger partial charge in [-0.1, -0.05) is 6.07 Å². The molecule has 0 radical (unpaired) electrons. The number of amides is 1. The molecule has 3 rings (SSSR count). The normalized spacial score (nSPS) is 16.3. The molecule has 2 aromatic rings. The lowest BCUT2D eigenvalue weighted by Gasteiger charge is -2.16. The number of ether oxygens (including phenoxy) is 2. The maximum Gasteiger partial charge on any atom is 0.341 e. The highest BCUT2D eigenvalue weighted by Gasteiger charge is 2.23. The maximum absolute atomic E-state index is 12.8. The van der Waals surface area contributed by atoms with Crippen LogP contribution >= 0.6 is 0 Å². The van der Waals surface area contributed by atoms with Gasteiger partial charge in [0.2, 0.25) is 10.0 Å². The molecule has 2 heterocycles. The van der Waals surface area contributed by atoms with Gasteiger partial charge in [-0.3, -0.25) is 4.79 Å². The van der Waals surface area contributed by atoms with Gasteiger partial charge in [0.15, 0.2) is 0 Å². The molecular formula is C21H26N2O7S. The minimum Gasteiger partial charge on any atom is -0.465 e. The number of hydrogen-bond acceptors (Lipinski definition) is 7. The Kier molecular flexibility index (Phi) is 7.14. The fourth-order valence-corrected chi connectivity index (χ4v) is 4.46. The summed E-state index contributed by atoms with van der Waals surface area (Å²) in [5.74, 6) is -0.0939. The van der Waals surface area contributed by atoms with Gasteiger partial charge in [0.25, 0.3) is 5.91 Å². The number of nitrogens with zero attached hydrogens (tertiary/aromatic N) is 1. The van der Waals surface area contributed by atoms with Crippen molar-refractivity contribution in [3.05, 3.63) is 53.0 Å². The largest absolute Gasteiger partial charge is 0.465 e. The summed E-state index contributed by atoms with van der Waals surface area (Å²) >= 11 is 0. The van der Waals surface area contributed by atoms with Crippen LogP contribution in [0.4, 0.5) is 0 Å². The molecule has 1 atom stereocenters. The van der Waals surface area contributed by atoms with Gasteiger partial charge in [0, 0.05) is 25.8 Å². The number of rotatable bonds is 8. The van der Waals surface area contributed by atoms with Crippen LogP contribution in [0.3, 0.4) is 0 Å². The predicted octanol–water partition coefficient (Wildman–Crippen LogP) is 2.10. The first-order valence-corrected chi connectivity index (χ1v) is 11.3. The average Bonchev–Trinajstić information content (AvgIpc) is 3.41. The summed E-state index contributed by atoms with van der Waals surface area (Å²) in [5, 5.41) is 0. The van der Waals surface area contributed by atoms with Crippen LogP contribution in [0.2, 0.25) is 0 Å². The van der Waals surface area contributed by atoms with E-state index >= 15 is 0 Å². The number of sulfonamides is 1. The van der Waals surface area contributed by atoms with Crippen LogP contribution < -0.4 is 4.72 Å². The highest BCUT2D eigenvalue weighted by atomic mass is 32.2. The number of nitrogens with one attached hydrogen (secondary N) is 1. The monoisotopic (exact) mass is 450 g/mol. The van der Waals surface area contributed by atoms with E-state index in [0.29, 0.717) is 23.7 Å². The number of furan rings is 1. The van der Waals surface area contributed by atoms with E-state index in [2.05, 4.69) is 4.72 Å². The van der Waals surface area contributed by atoms with Gasteiger partial charge in [-0.05, 0) is 44.0 Å². The molecule has 1 aliphatic heterocycles. The van der Waals surface area contributed by atoms with Crippen molar-refractivity contribution in [2.45, 2.75) is 37.3 Å². The Balaban J connectivity index is 1.69. The summed E-state index contributed by atoms with van der Waals surface area (Å²) in [5.41, 5.74) is 0.516. The van der Waals surface area contributed by atoms with Crippen molar-refractivity contribution in [1.29, 1.82) is 0 Å². The topological polar surface area (TPSA) is 115 Å². The molecule has 0 saturated carbocycles. The minimum atomic E-state index is -3.77. The van der Waals surface area contributed by atoms with Gasteiger partial charge >= 0.3 is 5.97 Å². The quantitative estimate of drug-likeness (QED) is 0.613. The number of benzene rings is 1. The van der Waals surface area contributed by atoms with Crippen LogP contribution in [-0.2, 0) is 26.0 Å². The Morgan fingerprint density at radius 3 is 2.74 bits per heavy atom. The third-order valence-electron chi connectivity index (χ3n) is 5.03. The van der Waals surface area contributed by atoms with E-state index in [1.807, 2.05) is 0 Å². The molecule has 1 amide bonds. The Morgan fingerprint density at radius 1 is 1.29 bits per heavy atom. The van der Waals surface area contributed by atoms with Crippen molar-refractivity contribution < 1.29 is 31.9 Å². The molecule has 31 heavy (non-hydrogen) atoms. The summed E-state index contributed by atoms with van der Waals surface area (Å²) in [4.78, 5) is 25.9. The van der Waals surface area contributed by atoms with Crippen molar-refractivity contribution in [2.75, 3.05) is 27.3 Å². The Labute approximate surface area is 181 Å². The number of esters is 1. The third-order valence-corrected chi connectivity index (χ3v) is 6.45. The van der Waals surface area contributed by atoms with Crippen LogP contribution in [0.5, 0.6) is 0 Å². The molecule has 1 fully saturated rings. The van der Waals surface area contributed by atoms with E-state index in [9.17, 15) is 18.0 Å². The summed E-state index contributed by atoms with van der Waals surface area (Å²) in [6.45, 7) is 2.57. The third kappa shape index (κ3) is 5.52. The fourth-order valence-electron chi connectivity index (χ4n) is 3.35. The summed E-state index contributed by atoms with van der Waals surface area (Å²) in [6.07, 6.45) is 1.60. The smallest absolute Gasteiger partial charge is 0.341 e. The molecule has 1 aromatic heterocycles. The van der Waals surface area contributed by atoms with Crippen molar-refractivity contribution in [3.8, 4) is 0 Å². The number of aryl methyl sites for hydroxylation is 1. The van der Waals surface area contributed by atoms with Gasteiger partial charge in [-0.25, -0.2) is 17.9 Å². The SMILES string of the molecule is COC(=O)c1cc(CN(C)C(=O)c2cccc(S(=O)(=O)NC[C@H]3CCCO3)c2)oc1C. The van der Waals surface area contributed by atoms with Gasteiger partial charge in [0.05, 0.1) is 24.7 Å². The Morgan fingerprint density at radius 2 is 2.06 bits per heavy atom. The molecule has 10 heteroatoms. The first-order valence-electron chi connectivity index (χ1n) is 9.85. The lowest BCUT2D eigenvalue weighted by Crippen LogP contribution is -2.32. The van der Waals surface area contributed by atoms with Crippen molar-refractivity contribution in [3.63, 3.8) is 0 Å². The number of methoxy groups -OCH3 is 1. The van der Waals surface area contributed by atoms with Crippen LogP contribution in [0, 0.1) is 6.92 Å². The van der Waals surface area contributed by atoms with E-state index in [1.54, 1.807) is 20.0 Å². The van der Waals surface area contributed by atoms with Crippen LogP contribution in [0.15, 0.2) is 39.6 Å². The zero-order valence-electron chi connectivity index (χ0n) is 17.7. The molecular weight excluding hydrogens is 424 g/mol. The van der Waals surface area contributed by atoms with E-state index in [1.165, 1.54) is 36.3 Å². The molecule has 168 valence electrons.